The number of hydrogen-bond donors (Lipinski definition) is 1. The van der Waals surface area contributed by atoms with Gasteiger partial charge in [0.25, 0.3) is 0 Å². The van der Waals surface area contributed by atoms with Crippen molar-refractivity contribution in [2.24, 2.45) is 0 Å². The predicted molar refractivity (Wildman–Crippen MR) is 54.0 cm³/mol. The first-order chi connectivity index (χ1) is 7.09. The zero-order chi connectivity index (χ0) is 11.3. The summed E-state index contributed by atoms with van der Waals surface area (Å²) in [6.07, 6.45) is 0.227. The van der Waals surface area contributed by atoms with Gasteiger partial charge in [-0.2, -0.15) is 0 Å². The molecule has 0 saturated carbocycles. The Morgan fingerprint density at radius 2 is 1.87 bits per heavy atom. The Morgan fingerprint density at radius 3 is 2.40 bits per heavy atom. The highest BCUT2D eigenvalue weighted by Gasteiger charge is 2.05. The number of halogens is 1. The number of carbonyl (C=O) groups is 2. The first-order valence-corrected chi connectivity index (χ1v) is 4.63. The van der Waals surface area contributed by atoms with Crippen LogP contribution in [0.2, 0.25) is 0 Å². The third-order valence-electron chi connectivity index (χ3n) is 1.89. The quantitative estimate of drug-likeness (QED) is 0.764. The monoisotopic (exact) mass is 209 g/mol. The summed E-state index contributed by atoms with van der Waals surface area (Å²) in [6.45, 7) is 1.70. The van der Waals surface area contributed by atoms with Gasteiger partial charge in [-0.1, -0.05) is 0 Å². The van der Waals surface area contributed by atoms with Crippen LogP contribution in [0.1, 0.15) is 23.7 Å². The number of amides is 1. The van der Waals surface area contributed by atoms with E-state index in [1.807, 2.05) is 0 Å². The topological polar surface area (TPSA) is 46.2 Å². The minimum absolute atomic E-state index is 0.108. The fourth-order valence-electron chi connectivity index (χ4n) is 1.13. The molecule has 4 heteroatoms. The molecule has 0 bridgehead atoms. The molecule has 3 nitrogen and oxygen atoms in total. The van der Waals surface area contributed by atoms with E-state index in [0.29, 0.717) is 12.1 Å². The minimum Gasteiger partial charge on any atom is -0.356 e. The van der Waals surface area contributed by atoms with Crippen LogP contribution in [0.3, 0.4) is 0 Å². The molecule has 1 aromatic carbocycles. The van der Waals surface area contributed by atoms with Gasteiger partial charge < -0.3 is 5.32 Å². The molecule has 0 saturated heterocycles. The Balaban J connectivity index is 2.47. The van der Waals surface area contributed by atoms with Crippen molar-refractivity contribution in [3.8, 4) is 0 Å². The lowest BCUT2D eigenvalue weighted by Gasteiger charge is -2.01. The van der Waals surface area contributed by atoms with E-state index >= 15 is 0 Å². The summed E-state index contributed by atoms with van der Waals surface area (Å²) in [5.41, 5.74) is 0.460. The predicted octanol–water partition coefficient (Wildman–Crippen LogP) is 1.53. The normalized spacial score (nSPS) is 9.73. The molecule has 0 unspecified atom stereocenters. The summed E-state index contributed by atoms with van der Waals surface area (Å²) < 4.78 is 12.5. The van der Waals surface area contributed by atoms with Crippen LogP contribution in [0.15, 0.2) is 24.3 Å². The van der Waals surface area contributed by atoms with Crippen molar-refractivity contribution in [3.05, 3.63) is 35.6 Å². The number of carbonyl (C=O) groups excluding carboxylic acids is 2. The maximum absolute atomic E-state index is 12.5. The number of ketones is 1. The van der Waals surface area contributed by atoms with Crippen LogP contribution >= 0.6 is 0 Å². The van der Waals surface area contributed by atoms with E-state index in [-0.39, 0.29) is 23.9 Å². The Bertz CT molecular complexity index is 359. The number of rotatable bonds is 4. The first-order valence-electron chi connectivity index (χ1n) is 4.63. The summed E-state index contributed by atoms with van der Waals surface area (Å²) in [6, 6.07) is 5.36. The number of Topliss-reactive ketones (excluding diaryl/α,β-unsaturated/α-hetero) is 1. The molecule has 1 aromatic rings. The number of hydrogen-bond acceptors (Lipinski definition) is 2. The second-order valence-corrected chi connectivity index (χ2v) is 3.16. The van der Waals surface area contributed by atoms with Gasteiger partial charge in [0.15, 0.2) is 5.78 Å². The lowest BCUT2D eigenvalue weighted by atomic mass is 10.1. The third-order valence-corrected chi connectivity index (χ3v) is 1.89. The average molecular weight is 209 g/mol. The number of benzene rings is 1. The van der Waals surface area contributed by atoms with E-state index in [1.165, 1.54) is 31.2 Å². The minimum atomic E-state index is -0.367. The lowest BCUT2D eigenvalue weighted by Crippen LogP contribution is -2.23. The van der Waals surface area contributed by atoms with Gasteiger partial charge in [0, 0.05) is 25.5 Å². The van der Waals surface area contributed by atoms with Gasteiger partial charge >= 0.3 is 0 Å². The van der Waals surface area contributed by atoms with Crippen LogP contribution in [-0.2, 0) is 4.79 Å². The summed E-state index contributed by atoms with van der Waals surface area (Å²) in [4.78, 5) is 22.0. The van der Waals surface area contributed by atoms with E-state index < -0.39 is 0 Å². The molecule has 0 spiro atoms. The Hall–Kier alpha value is -1.71. The van der Waals surface area contributed by atoms with Crippen molar-refractivity contribution in [1.82, 2.24) is 5.32 Å². The van der Waals surface area contributed by atoms with Gasteiger partial charge in [-0.15, -0.1) is 0 Å². The second-order valence-electron chi connectivity index (χ2n) is 3.16. The standard InChI is InChI=1S/C11H12FNO2/c1-8(14)13-7-6-11(15)9-2-4-10(12)5-3-9/h2-5H,6-7H2,1H3,(H,13,14). The fourth-order valence-corrected chi connectivity index (χ4v) is 1.13. The van der Waals surface area contributed by atoms with Crippen LogP contribution < -0.4 is 5.32 Å². The van der Waals surface area contributed by atoms with E-state index in [9.17, 15) is 14.0 Å². The van der Waals surface area contributed by atoms with E-state index in [1.54, 1.807) is 0 Å². The van der Waals surface area contributed by atoms with Crippen LogP contribution in [0, 0.1) is 5.82 Å². The molecule has 1 amide bonds. The molecule has 0 atom stereocenters. The van der Waals surface area contributed by atoms with Crippen LogP contribution in [0.4, 0.5) is 4.39 Å². The Morgan fingerprint density at radius 1 is 1.27 bits per heavy atom. The van der Waals surface area contributed by atoms with E-state index in [4.69, 9.17) is 0 Å². The van der Waals surface area contributed by atoms with Crippen molar-refractivity contribution in [2.75, 3.05) is 6.54 Å². The highest BCUT2D eigenvalue weighted by Crippen LogP contribution is 2.05. The molecule has 0 aliphatic rings. The van der Waals surface area contributed by atoms with Gasteiger partial charge in [0.2, 0.25) is 5.91 Å². The van der Waals surface area contributed by atoms with Gasteiger partial charge in [-0.25, -0.2) is 4.39 Å². The van der Waals surface area contributed by atoms with Crippen molar-refractivity contribution in [1.29, 1.82) is 0 Å². The van der Waals surface area contributed by atoms with Crippen molar-refractivity contribution in [2.45, 2.75) is 13.3 Å². The highest BCUT2D eigenvalue weighted by molar-refractivity contribution is 5.96. The summed E-state index contributed by atoms with van der Waals surface area (Å²) in [7, 11) is 0. The average Bonchev–Trinajstić information content (AvgIpc) is 2.18. The lowest BCUT2D eigenvalue weighted by molar-refractivity contribution is -0.118. The molecule has 0 fully saturated rings. The SMILES string of the molecule is CC(=O)NCCC(=O)c1ccc(F)cc1. The van der Waals surface area contributed by atoms with Crippen molar-refractivity contribution in [3.63, 3.8) is 0 Å². The van der Waals surface area contributed by atoms with Crippen molar-refractivity contribution < 1.29 is 14.0 Å². The molecule has 15 heavy (non-hydrogen) atoms. The molecule has 0 aliphatic heterocycles. The van der Waals surface area contributed by atoms with Crippen LogP contribution in [0.25, 0.3) is 0 Å². The summed E-state index contributed by atoms with van der Waals surface area (Å²) in [5, 5.41) is 2.52. The summed E-state index contributed by atoms with van der Waals surface area (Å²) in [5.74, 6) is -0.640. The molecule has 0 heterocycles. The van der Waals surface area contributed by atoms with Gasteiger partial charge in [0.05, 0.1) is 0 Å². The largest absolute Gasteiger partial charge is 0.356 e. The highest BCUT2D eigenvalue weighted by atomic mass is 19.1. The fraction of sp³-hybridized carbons (Fsp3) is 0.273. The molecular formula is C11H12FNO2. The second kappa shape index (κ2) is 5.24. The smallest absolute Gasteiger partial charge is 0.216 e. The first kappa shape index (κ1) is 11.4. The van der Waals surface area contributed by atoms with Gasteiger partial charge in [-0.3, -0.25) is 9.59 Å². The maximum Gasteiger partial charge on any atom is 0.216 e. The van der Waals surface area contributed by atoms with Gasteiger partial charge in [-0.05, 0) is 24.3 Å². The molecule has 1 rings (SSSR count). The Kier molecular flexibility index (Phi) is 3.97. The summed E-state index contributed by atoms with van der Waals surface area (Å²) >= 11 is 0. The van der Waals surface area contributed by atoms with E-state index in [2.05, 4.69) is 5.32 Å². The molecule has 0 radical (unpaired) electrons. The molecule has 0 aromatic heterocycles. The Labute approximate surface area is 87.3 Å². The zero-order valence-corrected chi connectivity index (χ0v) is 8.42. The molecule has 80 valence electrons. The molecule has 0 aliphatic carbocycles. The van der Waals surface area contributed by atoms with Crippen molar-refractivity contribution >= 4 is 11.7 Å². The van der Waals surface area contributed by atoms with Crippen LogP contribution in [-0.4, -0.2) is 18.2 Å². The third kappa shape index (κ3) is 3.89. The number of nitrogens with one attached hydrogen (secondary N) is 1. The van der Waals surface area contributed by atoms with Crippen LogP contribution in [0.5, 0.6) is 0 Å². The van der Waals surface area contributed by atoms with Gasteiger partial charge in [0.1, 0.15) is 5.82 Å². The molecular weight excluding hydrogens is 197 g/mol. The van der Waals surface area contributed by atoms with E-state index in [0.717, 1.165) is 0 Å². The molecule has 1 N–H and O–H groups in total. The maximum atomic E-state index is 12.5. The zero-order valence-electron chi connectivity index (χ0n) is 8.42.